The summed E-state index contributed by atoms with van der Waals surface area (Å²) in [5.41, 5.74) is 3.97. The predicted octanol–water partition coefficient (Wildman–Crippen LogP) is 5.68. The monoisotopic (exact) mass is 407 g/mol. The molecule has 0 unspecified atom stereocenters. The van der Waals surface area contributed by atoms with E-state index in [4.69, 9.17) is 21.1 Å². The maximum atomic E-state index is 6.32. The Kier molecular flexibility index (Phi) is 5.86. The van der Waals surface area contributed by atoms with Gasteiger partial charge in [-0.15, -0.1) is 0 Å². The Balaban J connectivity index is 1.48. The molecule has 4 aromatic rings. The van der Waals surface area contributed by atoms with E-state index in [0.717, 1.165) is 28.4 Å². The van der Waals surface area contributed by atoms with Crippen LogP contribution in [0.2, 0.25) is 5.02 Å². The van der Waals surface area contributed by atoms with E-state index in [1.807, 2.05) is 84.5 Å². The molecule has 0 spiro atoms. The number of halogens is 1. The number of H-pyrrole nitrogens is 1. The quantitative estimate of drug-likeness (QED) is 0.409. The molecule has 0 aliphatic rings. The second-order valence-electron chi connectivity index (χ2n) is 6.47. The third kappa shape index (κ3) is 4.46. The van der Waals surface area contributed by atoms with Gasteiger partial charge >= 0.3 is 0 Å². The third-order valence-corrected chi connectivity index (χ3v) is 4.82. The lowest BCUT2D eigenvalue weighted by Gasteiger charge is -2.11. The molecule has 2 heterocycles. The average Bonchev–Trinajstić information content (AvgIpc) is 3.41. The number of hydrogen-bond donors (Lipinski definition) is 1. The van der Waals surface area contributed by atoms with Gasteiger partial charge in [0.2, 0.25) is 5.88 Å². The standard InChI is InChI=1S/C23H22ClN3O2/c1-2-28-23-16-21(17-7-4-3-5-8-17)26-27(23)13-14-29-22-15-18(10-11-19(22)24)20-9-6-12-25-20/h3-12,15-16,25H,2,13-14H2,1H3. The zero-order valence-electron chi connectivity index (χ0n) is 16.1. The van der Waals surface area contributed by atoms with Gasteiger partial charge in [-0.25, -0.2) is 4.68 Å². The fourth-order valence-electron chi connectivity index (χ4n) is 3.11. The molecule has 2 aromatic heterocycles. The molecular formula is C23H22ClN3O2. The highest BCUT2D eigenvalue weighted by atomic mass is 35.5. The average molecular weight is 408 g/mol. The first-order valence-electron chi connectivity index (χ1n) is 9.57. The topological polar surface area (TPSA) is 52.1 Å². The van der Waals surface area contributed by atoms with Crippen LogP contribution in [-0.4, -0.2) is 28.0 Å². The van der Waals surface area contributed by atoms with Crippen LogP contribution in [0.1, 0.15) is 6.92 Å². The summed E-state index contributed by atoms with van der Waals surface area (Å²) >= 11 is 6.32. The summed E-state index contributed by atoms with van der Waals surface area (Å²) in [7, 11) is 0. The van der Waals surface area contributed by atoms with Crippen LogP contribution in [0.15, 0.2) is 72.9 Å². The summed E-state index contributed by atoms with van der Waals surface area (Å²) in [5.74, 6) is 1.37. The first-order chi connectivity index (χ1) is 14.2. The number of aromatic nitrogens is 3. The minimum Gasteiger partial charge on any atom is -0.490 e. The van der Waals surface area contributed by atoms with E-state index in [1.54, 1.807) is 0 Å². The molecule has 0 fully saturated rings. The van der Waals surface area contributed by atoms with E-state index >= 15 is 0 Å². The number of rotatable bonds is 8. The van der Waals surface area contributed by atoms with Crippen LogP contribution in [0, 0.1) is 0 Å². The first kappa shape index (κ1) is 19.2. The van der Waals surface area contributed by atoms with Gasteiger partial charge in [0.15, 0.2) is 0 Å². The Morgan fingerprint density at radius 3 is 2.59 bits per heavy atom. The molecule has 1 N–H and O–H groups in total. The summed E-state index contributed by atoms with van der Waals surface area (Å²) in [4.78, 5) is 3.19. The molecule has 0 saturated carbocycles. The molecule has 0 atom stereocenters. The number of aromatic amines is 1. The fraction of sp³-hybridized carbons (Fsp3) is 0.174. The van der Waals surface area contributed by atoms with Crippen molar-refractivity contribution in [1.82, 2.24) is 14.8 Å². The Hall–Kier alpha value is -3.18. The number of hydrogen-bond acceptors (Lipinski definition) is 3. The molecule has 0 saturated heterocycles. The summed E-state index contributed by atoms with van der Waals surface area (Å²) in [6.07, 6.45) is 1.89. The number of benzene rings is 2. The molecule has 0 amide bonds. The van der Waals surface area contributed by atoms with Crippen molar-refractivity contribution in [3.8, 4) is 34.1 Å². The molecule has 0 aliphatic heterocycles. The second-order valence-corrected chi connectivity index (χ2v) is 6.87. The summed E-state index contributed by atoms with van der Waals surface area (Å²) < 4.78 is 13.5. The maximum absolute atomic E-state index is 6.32. The van der Waals surface area contributed by atoms with Crippen LogP contribution in [0.25, 0.3) is 22.5 Å². The summed E-state index contributed by atoms with van der Waals surface area (Å²) in [5, 5.41) is 5.26. The minimum atomic E-state index is 0.421. The van der Waals surface area contributed by atoms with Crippen LogP contribution in [0.5, 0.6) is 11.6 Å². The van der Waals surface area contributed by atoms with Crippen LogP contribution < -0.4 is 9.47 Å². The maximum Gasteiger partial charge on any atom is 0.212 e. The van der Waals surface area contributed by atoms with Crippen molar-refractivity contribution in [3.63, 3.8) is 0 Å². The Morgan fingerprint density at radius 2 is 1.83 bits per heavy atom. The molecule has 6 heteroatoms. The van der Waals surface area contributed by atoms with Crippen LogP contribution >= 0.6 is 11.6 Å². The lowest BCUT2D eigenvalue weighted by molar-refractivity contribution is 0.260. The van der Waals surface area contributed by atoms with Gasteiger partial charge in [-0.2, -0.15) is 5.10 Å². The van der Waals surface area contributed by atoms with E-state index in [-0.39, 0.29) is 0 Å². The van der Waals surface area contributed by atoms with Crippen molar-refractivity contribution in [2.24, 2.45) is 0 Å². The van der Waals surface area contributed by atoms with Crippen LogP contribution in [0.4, 0.5) is 0 Å². The first-order valence-corrected chi connectivity index (χ1v) is 9.94. The largest absolute Gasteiger partial charge is 0.490 e. The molecule has 5 nitrogen and oxygen atoms in total. The molecule has 0 bridgehead atoms. The smallest absolute Gasteiger partial charge is 0.212 e. The third-order valence-electron chi connectivity index (χ3n) is 4.51. The highest BCUT2D eigenvalue weighted by Gasteiger charge is 2.11. The fourth-order valence-corrected chi connectivity index (χ4v) is 3.28. The van der Waals surface area contributed by atoms with E-state index in [0.29, 0.717) is 30.5 Å². The highest BCUT2D eigenvalue weighted by Crippen LogP contribution is 2.30. The van der Waals surface area contributed by atoms with Gasteiger partial charge in [0.05, 0.1) is 23.9 Å². The van der Waals surface area contributed by atoms with Gasteiger partial charge in [-0.1, -0.05) is 48.0 Å². The Morgan fingerprint density at radius 1 is 0.966 bits per heavy atom. The Bertz CT molecular complexity index is 1060. The molecule has 2 aromatic carbocycles. The number of nitrogens with zero attached hydrogens (tertiary/aromatic N) is 2. The SMILES string of the molecule is CCOc1cc(-c2ccccc2)nn1CCOc1cc(-c2ccc[nH]2)ccc1Cl. The molecule has 0 radical (unpaired) electrons. The Labute approximate surface area is 174 Å². The van der Waals surface area contributed by atoms with Crippen LogP contribution in [-0.2, 0) is 6.54 Å². The molecule has 0 aliphatic carbocycles. The van der Waals surface area contributed by atoms with Gasteiger partial charge in [0, 0.05) is 29.1 Å². The molecule has 148 valence electrons. The molecule has 29 heavy (non-hydrogen) atoms. The van der Waals surface area contributed by atoms with Crippen molar-refractivity contribution >= 4 is 11.6 Å². The highest BCUT2D eigenvalue weighted by molar-refractivity contribution is 6.32. The van der Waals surface area contributed by atoms with Gasteiger partial charge in [0.25, 0.3) is 0 Å². The number of ether oxygens (including phenoxy) is 2. The van der Waals surface area contributed by atoms with E-state index < -0.39 is 0 Å². The van der Waals surface area contributed by atoms with Crippen molar-refractivity contribution in [1.29, 1.82) is 0 Å². The summed E-state index contributed by atoms with van der Waals surface area (Å²) in [6, 6.07) is 21.7. The van der Waals surface area contributed by atoms with Crippen LogP contribution in [0.3, 0.4) is 0 Å². The van der Waals surface area contributed by atoms with Gasteiger partial charge < -0.3 is 14.5 Å². The van der Waals surface area contributed by atoms with Crippen molar-refractivity contribution in [2.75, 3.05) is 13.2 Å². The lowest BCUT2D eigenvalue weighted by atomic mass is 10.1. The zero-order valence-corrected chi connectivity index (χ0v) is 16.9. The van der Waals surface area contributed by atoms with Crippen molar-refractivity contribution in [2.45, 2.75) is 13.5 Å². The van der Waals surface area contributed by atoms with E-state index in [9.17, 15) is 0 Å². The van der Waals surface area contributed by atoms with Gasteiger partial charge in [-0.3, -0.25) is 0 Å². The lowest BCUT2D eigenvalue weighted by Crippen LogP contribution is -2.11. The molecule has 4 rings (SSSR count). The summed E-state index contributed by atoms with van der Waals surface area (Å²) in [6.45, 7) is 3.50. The van der Waals surface area contributed by atoms with E-state index in [1.165, 1.54) is 0 Å². The van der Waals surface area contributed by atoms with Crippen molar-refractivity contribution < 1.29 is 9.47 Å². The van der Waals surface area contributed by atoms with E-state index in [2.05, 4.69) is 10.1 Å². The van der Waals surface area contributed by atoms with Gasteiger partial charge in [-0.05, 0) is 31.2 Å². The van der Waals surface area contributed by atoms with Crippen molar-refractivity contribution in [3.05, 3.63) is 77.9 Å². The van der Waals surface area contributed by atoms with Gasteiger partial charge in [0.1, 0.15) is 12.4 Å². The normalized spacial score (nSPS) is 10.8. The second kappa shape index (κ2) is 8.88. The number of nitrogens with one attached hydrogen (secondary N) is 1. The zero-order chi connectivity index (χ0) is 20.1. The minimum absolute atomic E-state index is 0.421. The molecular weight excluding hydrogens is 386 g/mol. The predicted molar refractivity (Wildman–Crippen MR) is 116 cm³/mol.